The van der Waals surface area contributed by atoms with Gasteiger partial charge in [0, 0.05) is 20.2 Å². The van der Waals surface area contributed by atoms with Crippen LogP contribution in [-0.4, -0.2) is 12.6 Å². The van der Waals surface area contributed by atoms with Crippen LogP contribution in [0.4, 0.5) is 0 Å². The van der Waals surface area contributed by atoms with Crippen molar-refractivity contribution in [3.8, 4) is 0 Å². The summed E-state index contributed by atoms with van der Waals surface area (Å²) in [6.07, 6.45) is 0. The van der Waals surface area contributed by atoms with Crippen molar-refractivity contribution in [1.82, 2.24) is 0 Å². The third-order valence-electron chi connectivity index (χ3n) is 3.54. The lowest BCUT2D eigenvalue weighted by atomic mass is 10.00. The van der Waals surface area contributed by atoms with Gasteiger partial charge in [-0.25, -0.2) is 0 Å². The summed E-state index contributed by atoms with van der Waals surface area (Å²) in [5, 5.41) is 2.54. The second-order valence-corrected chi connectivity index (χ2v) is 5.91. The van der Waals surface area contributed by atoms with E-state index in [0.29, 0.717) is 6.61 Å². The van der Waals surface area contributed by atoms with Crippen molar-refractivity contribution in [2.24, 2.45) is 0 Å². The lowest BCUT2D eigenvalue weighted by Crippen LogP contribution is -2.12. The fraction of sp³-hybridized carbons (Fsp3) is 0.235. The number of carbonyl (C=O) groups is 1. The van der Waals surface area contributed by atoms with E-state index < -0.39 is 0 Å². The molecule has 1 heterocycles. The Hall–Kier alpha value is -1.87. The molecule has 0 saturated heterocycles. The standard InChI is InChI=1S/C17H16O2S/c1-3-19-17(18)11(2)12-8-9-14-13-6-4-5-7-15(13)20-16(14)10-12/h4-11H,3H2,1-2H3. The number of rotatable bonds is 3. The monoisotopic (exact) mass is 284 g/mol. The van der Waals surface area contributed by atoms with Gasteiger partial charge in [0.2, 0.25) is 0 Å². The predicted octanol–water partition coefficient (Wildman–Crippen LogP) is 4.72. The molecule has 0 aliphatic rings. The minimum absolute atomic E-state index is 0.159. The summed E-state index contributed by atoms with van der Waals surface area (Å²) in [6, 6.07) is 14.6. The van der Waals surface area contributed by atoms with E-state index in [9.17, 15) is 4.79 Å². The molecule has 0 aliphatic carbocycles. The first-order valence-corrected chi connectivity index (χ1v) is 7.60. The Kier molecular flexibility index (Phi) is 3.45. The fourth-order valence-electron chi connectivity index (χ4n) is 2.42. The maximum absolute atomic E-state index is 11.8. The van der Waals surface area contributed by atoms with Gasteiger partial charge in [-0.05, 0) is 31.5 Å². The molecule has 2 aromatic carbocycles. The first-order valence-electron chi connectivity index (χ1n) is 6.78. The van der Waals surface area contributed by atoms with E-state index in [0.717, 1.165) is 5.56 Å². The first-order chi connectivity index (χ1) is 9.70. The van der Waals surface area contributed by atoms with Gasteiger partial charge in [-0.3, -0.25) is 4.79 Å². The number of fused-ring (bicyclic) bond motifs is 3. The smallest absolute Gasteiger partial charge is 0.313 e. The number of carbonyl (C=O) groups excluding carboxylic acids is 1. The zero-order valence-corrected chi connectivity index (χ0v) is 12.4. The van der Waals surface area contributed by atoms with Gasteiger partial charge in [-0.1, -0.05) is 30.3 Å². The Bertz CT molecular complexity index is 773. The molecular formula is C17H16O2S. The molecule has 0 fully saturated rings. The number of esters is 1. The number of ether oxygens (including phenoxy) is 1. The van der Waals surface area contributed by atoms with Gasteiger partial charge in [-0.2, -0.15) is 0 Å². The maximum atomic E-state index is 11.8. The molecule has 2 nitrogen and oxygen atoms in total. The Morgan fingerprint density at radius 3 is 2.70 bits per heavy atom. The number of benzene rings is 2. The molecule has 3 aromatic rings. The number of thiophene rings is 1. The van der Waals surface area contributed by atoms with Crippen LogP contribution in [0.3, 0.4) is 0 Å². The molecule has 0 aliphatic heterocycles. The molecule has 0 bridgehead atoms. The second kappa shape index (κ2) is 5.25. The minimum atomic E-state index is -0.218. The van der Waals surface area contributed by atoms with Gasteiger partial charge in [0.15, 0.2) is 0 Å². The highest BCUT2D eigenvalue weighted by Crippen LogP contribution is 2.35. The van der Waals surface area contributed by atoms with Gasteiger partial charge in [0.05, 0.1) is 12.5 Å². The van der Waals surface area contributed by atoms with Crippen LogP contribution < -0.4 is 0 Å². The van der Waals surface area contributed by atoms with Crippen LogP contribution in [0.15, 0.2) is 42.5 Å². The summed E-state index contributed by atoms with van der Waals surface area (Å²) >= 11 is 1.77. The van der Waals surface area contributed by atoms with E-state index in [1.165, 1.54) is 20.2 Å². The van der Waals surface area contributed by atoms with Crippen LogP contribution >= 0.6 is 11.3 Å². The zero-order chi connectivity index (χ0) is 14.1. The number of hydrogen-bond acceptors (Lipinski definition) is 3. The van der Waals surface area contributed by atoms with Crippen LogP contribution in [0, 0.1) is 0 Å². The average molecular weight is 284 g/mol. The van der Waals surface area contributed by atoms with Crippen molar-refractivity contribution in [3.05, 3.63) is 48.0 Å². The minimum Gasteiger partial charge on any atom is -0.466 e. The lowest BCUT2D eigenvalue weighted by Gasteiger charge is -2.10. The highest BCUT2D eigenvalue weighted by molar-refractivity contribution is 7.25. The van der Waals surface area contributed by atoms with Gasteiger partial charge < -0.3 is 4.74 Å². The van der Waals surface area contributed by atoms with Crippen LogP contribution in [0.25, 0.3) is 20.2 Å². The summed E-state index contributed by atoms with van der Waals surface area (Å²) in [7, 11) is 0. The summed E-state index contributed by atoms with van der Waals surface area (Å²) in [6.45, 7) is 4.15. The zero-order valence-electron chi connectivity index (χ0n) is 11.6. The molecule has 0 radical (unpaired) electrons. The van der Waals surface area contributed by atoms with E-state index in [-0.39, 0.29) is 11.9 Å². The average Bonchev–Trinajstić information content (AvgIpc) is 2.84. The van der Waals surface area contributed by atoms with Gasteiger partial charge in [0.25, 0.3) is 0 Å². The molecule has 0 amide bonds. The Balaban J connectivity index is 2.06. The van der Waals surface area contributed by atoms with Crippen molar-refractivity contribution >= 4 is 37.5 Å². The molecule has 0 saturated carbocycles. The van der Waals surface area contributed by atoms with Gasteiger partial charge >= 0.3 is 5.97 Å². The summed E-state index contributed by atoms with van der Waals surface area (Å²) in [5.74, 6) is -0.377. The van der Waals surface area contributed by atoms with E-state index in [4.69, 9.17) is 4.74 Å². The Morgan fingerprint density at radius 1 is 1.15 bits per heavy atom. The highest BCUT2D eigenvalue weighted by Gasteiger charge is 2.17. The van der Waals surface area contributed by atoms with E-state index in [1.807, 2.05) is 19.9 Å². The third-order valence-corrected chi connectivity index (χ3v) is 4.68. The van der Waals surface area contributed by atoms with Crippen LogP contribution in [0.1, 0.15) is 25.3 Å². The summed E-state index contributed by atoms with van der Waals surface area (Å²) in [4.78, 5) is 11.8. The van der Waals surface area contributed by atoms with Crippen molar-refractivity contribution in [2.45, 2.75) is 19.8 Å². The normalized spacial score (nSPS) is 12.7. The molecule has 1 unspecified atom stereocenters. The topological polar surface area (TPSA) is 26.3 Å². The fourth-order valence-corrected chi connectivity index (χ4v) is 3.57. The van der Waals surface area contributed by atoms with E-state index >= 15 is 0 Å². The molecule has 1 atom stereocenters. The predicted molar refractivity (Wildman–Crippen MR) is 84.4 cm³/mol. The summed E-state index contributed by atoms with van der Waals surface area (Å²) < 4.78 is 7.60. The maximum Gasteiger partial charge on any atom is 0.313 e. The molecule has 20 heavy (non-hydrogen) atoms. The molecular weight excluding hydrogens is 268 g/mol. The van der Waals surface area contributed by atoms with E-state index in [1.54, 1.807) is 11.3 Å². The number of hydrogen-bond donors (Lipinski definition) is 0. The molecule has 0 N–H and O–H groups in total. The van der Waals surface area contributed by atoms with Crippen LogP contribution in [-0.2, 0) is 9.53 Å². The van der Waals surface area contributed by atoms with Crippen molar-refractivity contribution in [2.75, 3.05) is 6.61 Å². The van der Waals surface area contributed by atoms with Gasteiger partial charge in [-0.15, -0.1) is 11.3 Å². The lowest BCUT2D eigenvalue weighted by molar-refractivity contribution is -0.144. The largest absolute Gasteiger partial charge is 0.466 e. The SMILES string of the molecule is CCOC(=O)C(C)c1ccc2c(c1)sc1ccccc12. The summed E-state index contributed by atoms with van der Waals surface area (Å²) in [5.41, 5.74) is 1.02. The second-order valence-electron chi connectivity index (χ2n) is 4.83. The van der Waals surface area contributed by atoms with E-state index in [2.05, 4.69) is 36.4 Å². The van der Waals surface area contributed by atoms with Gasteiger partial charge in [0.1, 0.15) is 0 Å². The van der Waals surface area contributed by atoms with Crippen molar-refractivity contribution in [3.63, 3.8) is 0 Å². The van der Waals surface area contributed by atoms with Crippen molar-refractivity contribution in [1.29, 1.82) is 0 Å². The van der Waals surface area contributed by atoms with Crippen LogP contribution in [0.5, 0.6) is 0 Å². The van der Waals surface area contributed by atoms with Crippen molar-refractivity contribution < 1.29 is 9.53 Å². The Morgan fingerprint density at radius 2 is 1.90 bits per heavy atom. The molecule has 1 aromatic heterocycles. The highest BCUT2D eigenvalue weighted by atomic mass is 32.1. The molecule has 3 heteroatoms. The first kappa shape index (κ1) is 13.1. The third kappa shape index (κ3) is 2.18. The molecule has 3 rings (SSSR count). The van der Waals surface area contributed by atoms with Crippen LogP contribution in [0.2, 0.25) is 0 Å². The quantitative estimate of drug-likeness (QED) is 0.650. The Labute approximate surface area is 122 Å². The molecule has 102 valence electrons. The molecule has 0 spiro atoms.